The van der Waals surface area contributed by atoms with Gasteiger partial charge in [0.05, 0.1) is 19.1 Å². The molecule has 0 spiro atoms. The first-order valence-electron chi connectivity index (χ1n) is 12.5. The third kappa shape index (κ3) is 7.38. The normalized spacial score (nSPS) is 14.7. The summed E-state index contributed by atoms with van der Waals surface area (Å²) < 4.78 is 32.1. The first-order chi connectivity index (χ1) is 17.5. The minimum atomic E-state index is -3.90. The summed E-state index contributed by atoms with van der Waals surface area (Å²) in [5.41, 5.74) is 2.02. The van der Waals surface area contributed by atoms with Gasteiger partial charge in [0.2, 0.25) is 21.8 Å². The predicted molar refractivity (Wildman–Crippen MR) is 146 cm³/mol. The van der Waals surface area contributed by atoms with E-state index in [1.165, 1.54) is 18.1 Å². The van der Waals surface area contributed by atoms with Gasteiger partial charge in [0.25, 0.3) is 0 Å². The van der Waals surface area contributed by atoms with Crippen molar-refractivity contribution in [1.82, 2.24) is 10.2 Å². The van der Waals surface area contributed by atoms with Gasteiger partial charge in [-0.05, 0) is 55.5 Å². The number of halogens is 1. The van der Waals surface area contributed by atoms with E-state index >= 15 is 0 Å². The van der Waals surface area contributed by atoms with Crippen molar-refractivity contribution in [3.63, 3.8) is 0 Å². The highest BCUT2D eigenvalue weighted by molar-refractivity contribution is 7.92. The quantitative estimate of drug-likeness (QED) is 0.451. The van der Waals surface area contributed by atoms with Gasteiger partial charge in [-0.25, -0.2) is 8.42 Å². The fourth-order valence-corrected chi connectivity index (χ4v) is 5.72. The van der Waals surface area contributed by atoms with E-state index in [9.17, 15) is 18.0 Å². The number of sulfonamides is 1. The van der Waals surface area contributed by atoms with Crippen LogP contribution in [0.3, 0.4) is 0 Å². The largest absolute Gasteiger partial charge is 0.495 e. The topological polar surface area (TPSA) is 96.0 Å². The second-order valence-corrected chi connectivity index (χ2v) is 11.8. The van der Waals surface area contributed by atoms with E-state index < -0.39 is 28.5 Å². The number of carbonyl (C=O) groups excluding carboxylic acids is 2. The number of methoxy groups -OCH3 is 1. The Balaban J connectivity index is 1.98. The molecule has 1 aliphatic rings. The smallest absolute Gasteiger partial charge is 0.244 e. The van der Waals surface area contributed by atoms with Gasteiger partial charge in [-0.3, -0.25) is 13.9 Å². The van der Waals surface area contributed by atoms with Crippen molar-refractivity contribution in [2.75, 3.05) is 24.2 Å². The third-order valence-corrected chi connectivity index (χ3v) is 8.14. The number of amides is 2. The Labute approximate surface area is 225 Å². The number of nitrogens with one attached hydrogen (secondary N) is 1. The van der Waals surface area contributed by atoms with Crippen molar-refractivity contribution in [3.05, 3.63) is 58.6 Å². The molecule has 2 aromatic carbocycles. The molecule has 3 rings (SSSR count). The second kappa shape index (κ2) is 12.6. The zero-order valence-electron chi connectivity index (χ0n) is 21.9. The summed E-state index contributed by atoms with van der Waals surface area (Å²) in [7, 11) is -2.48. The zero-order chi connectivity index (χ0) is 27.2. The van der Waals surface area contributed by atoms with Gasteiger partial charge in [0.15, 0.2) is 0 Å². The van der Waals surface area contributed by atoms with Crippen LogP contribution in [0.2, 0.25) is 5.02 Å². The number of aryl methyl sites for hydroxylation is 1. The summed E-state index contributed by atoms with van der Waals surface area (Å²) in [6, 6.07) is 11.6. The number of benzene rings is 2. The molecular weight excluding hydrogens is 514 g/mol. The van der Waals surface area contributed by atoms with Crippen molar-refractivity contribution in [1.29, 1.82) is 0 Å². The number of hydrogen-bond acceptors (Lipinski definition) is 5. The molecule has 2 aromatic rings. The van der Waals surface area contributed by atoms with Crippen LogP contribution in [-0.2, 0) is 26.2 Å². The van der Waals surface area contributed by atoms with Crippen molar-refractivity contribution in [2.45, 2.75) is 64.6 Å². The van der Waals surface area contributed by atoms with Crippen LogP contribution in [0.1, 0.15) is 50.2 Å². The fraction of sp³-hybridized carbons (Fsp3) is 0.481. The highest BCUT2D eigenvalue weighted by Gasteiger charge is 2.34. The molecule has 202 valence electrons. The molecular formula is C27H36ClN3O5S. The lowest BCUT2D eigenvalue weighted by Gasteiger charge is -2.34. The van der Waals surface area contributed by atoms with Crippen molar-refractivity contribution >= 4 is 39.1 Å². The van der Waals surface area contributed by atoms with Crippen LogP contribution in [0, 0.1) is 6.92 Å². The molecule has 2 amide bonds. The summed E-state index contributed by atoms with van der Waals surface area (Å²) in [5.74, 6) is -0.453. The van der Waals surface area contributed by atoms with Crippen LogP contribution < -0.4 is 14.4 Å². The van der Waals surface area contributed by atoms with E-state index in [1.54, 1.807) is 12.1 Å². The van der Waals surface area contributed by atoms with E-state index in [1.807, 2.05) is 38.1 Å². The van der Waals surface area contributed by atoms with Crippen molar-refractivity contribution in [3.8, 4) is 5.75 Å². The summed E-state index contributed by atoms with van der Waals surface area (Å²) in [4.78, 5) is 28.7. The molecule has 10 heteroatoms. The van der Waals surface area contributed by atoms with Crippen molar-refractivity contribution in [2.24, 2.45) is 0 Å². The first kappa shape index (κ1) is 28.8. The lowest BCUT2D eigenvalue weighted by atomic mass is 10.1. The van der Waals surface area contributed by atoms with Crippen LogP contribution >= 0.6 is 11.6 Å². The van der Waals surface area contributed by atoms with Gasteiger partial charge in [0, 0.05) is 17.6 Å². The molecule has 0 aromatic heterocycles. The van der Waals surface area contributed by atoms with E-state index in [-0.39, 0.29) is 29.9 Å². The van der Waals surface area contributed by atoms with Crippen LogP contribution in [0.4, 0.5) is 5.69 Å². The van der Waals surface area contributed by atoms with Gasteiger partial charge >= 0.3 is 0 Å². The molecule has 37 heavy (non-hydrogen) atoms. The van der Waals surface area contributed by atoms with Crippen LogP contribution in [0.15, 0.2) is 42.5 Å². The molecule has 8 nitrogen and oxygen atoms in total. The minimum Gasteiger partial charge on any atom is -0.495 e. The lowest BCUT2D eigenvalue weighted by Crippen LogP contribution is -2.53. The summed E-state index contributed by atoms with van der Waals surface area (Å²) in [6.45, 7) is 3.46. The second-order valence-electron chi connectivity index (χ2n) is 9.45. The minimum absolute atomic E-state index is 0.0974. The van der Waals surface area contributed by atoms with Gasteiger partial charge in [-0.2, -0.15) is 0 Å². The number of carbonyl (C=O) groups is 2. The van der Waals surface area contributed by atoms with Crippen LogP contribution in [0.25, 0.3) is 0 Å². The first-order valence-corrected chi connectivity index (χ1v) is 14.7. The molecule has 0 saturated heterocycles. The Kier molecular flexibility index (Phi) is 9.84. The molecule has 0 unspecified atom stereocenters. The number of anilines is 1. The van der Waals surface area contributed by atoms with Gasteiger partial charge in [-0.1, -0.05) is 55.6 Å². The summed E-state index contributed by atoms with van der Waals surface area (Å²) in [5, 5.41) is 3.41. The molecule has 1 aliphatic carbocycles. The third-order valence-electron chi connectivity index (χ3n) is 6.78. The number of ether oxygens (including phenoxy) is 1. The molecule has 0 heterocycles. The standard InChI is InChI=1S/C27H36ClN3O5S/c1-5-23(27(33)29-22-12-8-9-13-22)30(17-20-11-7-6-10-19(20)2)26(32)18-31(37(4,34)35)24-16-21(28)14-15-25(24)36-3/h6-7,10-11,14-16,22-23H,5,8-9,12-13,17-18H2,1-4H3,(H,29,33)/t23-/m0/s1. The maximum absolute atomic E-state index is 13.9. The van der Waals surface area contributed by atoms with E-state index in [4.69, 9.17) is 16.3 Å². The Morgan fingerprint density at radius 1 is 1.16 bits per heavy atom. The summed E-state index contributed by atoms with van der Waals surface area (Å²) in [6.07, 6.45) is 5.39. The molecule has 1 atom stereocenters. The Morgan fingerprint density at radius 2 is 1.84 bits per heavy atom. The fourth-order valence-electron chi connectivity index (χ4n) is 4.71. The highest BCUT2D eigenvalue weighted by atomic mass is 35.5. The summed E-state index contributed by atoms with van der Waals surface area (Å²) >= 11 is 6.16. The number of hydrogen-bond donors (Lipinski definition) is 1. The Bertz CT molecular complexity index is 1210. The lowest BCUT2D eigenvalue weighted by molar-refractivity contribution is -0.140. The Hall–Kier alpha value is -2.78. The highest BCUT2D eigenvalue weighted by Crippen LogP contribution is 2.33. The maximum atomic E-state index is 13.9. The van der Waals surface area contributed by atoms with E-state index in [0.717, 1.165) is 47.4 Å². The molecule has 0 aliphatic heterocycles. The average molecular weight is 550 g/mol. The molecule has 1 saturated carbocycles. The molecule has 1 fully saturated rings. The molecule has 0 bridgehead atoms. The van der Waals surface area contributed by atoms with Crippen LogP contribution in [0.5, 0.6) is 5.75 Å². The SMILES string of the molecule is CC[C@@H](C(=O)NC1CCCC1)N(Cc1ccccc1C)C(=O)CN(c1cc(Cl)ccc1OC)S(C)(=O)=O. The van der Waals surface area contributed by atoms with Crippen molar-refractivity contribution < 1.29 is 22.7 Å². The van der Waals surface area contributed by atoms with Gasteiger partial charge in [0.1, 0.15) is 18.3 Å². The number of rotatable bonds is 11. The molecule has 0 radical (unpaired) electrons. The number of nitrogens with zero attached hydrogens (tertiary/aromatic N) is 2. The van der Waals surface area contributed by atoms with E-state index in [0.29, 0.717) is 11.4 Å². The van der Waals surface area contributed by atoms with Gasteiger partial charge in [-0.15, -0.1) is 0 Å². The van der Waals surface area contributed by atoms with Crippen LogP contribution in [-0.4, -0.2) is 57.1 Å². The molecule has 1 N–H and O–H groups in total. The predicted octanol–water partition coefficient (Wildman–Crippen LogP) is 4.29. The maximum Gasteiger partial charge on any atom is 0.244 e. The average Bonchev–Trinajstić information content (AvgIpc) is 3.35. The monoisotopic (exact) mass is 549 g/mol. The Morgan fingerprint density at radius 3 is 2.43 bits per heavy atom. The van der Waals surface area contributed by atoms with Gasteiger partial charge < -0.3 is 15.0 Å². The zero-order valence-corrected chi connectivity index (χ0v) is 23.4. The van der Waals surface area contributed by atoms with E-state index in [2.05, 4.69) is 5.32 Å².